The molecule has 1 rings (SSSR count). The minimum Gasteiger partial charge on any atom is -0.356 e. The van der Waals surface area contributed by atoms with Gasteiger partial charge < -0.3 is 5.32 Å². The number of nitro groups is 1. The molecule has 1 aromatic rings. The molecule has 0 fully saturated rings. The van der Waals surface area contributed by atoms with Crippen LogP contribution < -0.4 is 5.32 Å². The SMILES string of the molecule is O=[N+]([O-])/C=C/Nc1ccc(Cl)cc1. The largest absolute Gasteiger partial charge is 0.356 e. The second-order valence-corrected chi connectivity index (χ2v) is 2.69. The summed E-state index contributed by atoms with van der Waals surface area (Å²) in [5, 5.41) is 13.3. The van der Waals surface area contributed by atoms with Gasteiger partial charge in [0.25, 0.3) is 0 Å². The highest BCUT2D eigenvalue weighted by atomic mass is 35.5. The Kier molecular flexibility index (Phi) is 3.28. The Labute approximate surface area is 80.0 Å². The Bertz CT molecular complexity index is 321. The molecule has 0 spiro atoms. The third-order valence-electron chi connectivity index (χ3n) is 1.29. The van der Waals surface area contributed by atoms with Crippen molar-refractivity contribution < 1.29 is 4.92 Å². The van der Waals surface area contributed by atoms with Gasteiger partial charge in [0.15, 0.2) is 0 Å². The van der Waals surface area contributed by atoms with Crippen LogP contribution in [0, 0.1) is 10.1 Å². The van der Waals surface area contributed by atoms with Crippen molar-refractivity contribution >= 4 is 17.3 Å². The first-order valence-electron chi connectivity index (χ1n) is 3.51. The fraction of sp³-hybridized carbons (Fsp3) is 0. The van der Waals surface area contributed by atoms with Crippen LogP contribution in [0.15, 0.2) is 36.7 Å². The van der Waals surface area contributed by atoms with Gasteiger partial charge in [-0.25, -0.2) is 0 Å². The van der Waals surface area contributed by atoms with Crippen LogP contribution in [0.25, 0.3) is 0 Å². The van der Waals surface area contributed by atoms with Crippen molar-refractivity contribution in [2.24, 2.45) is 0 Å². The number of benzene rings is 1. The number of hydrogen-bond donors (Lipinski definition) is 1. The van der Waals surface area contributed by atoms with Crippen molar-refractivity contribution in [3.05, 3.63) is 51.8 Å². The lowest BCUT2D eigenvalue weighted by molar-refractivity contribution is -0.402. The fourth-order valence-electron chi connectivity index (χ4n) is 0.740. The summed E-state index contributed by atoms with van der Waals surface area (Å²) in [4.78, 5) is 9.36. The molecule has 0 bridgehead atoms. The maximum Gasteiger partial charge on any atom is 0.250 e. The van der Waals surface area contributed by atoms with Crippen LogP contribution in [0.1, 0.15) is 0 Å². The monoisotopic (exact) mass is 198 g/mol. The molecule has 1 aromatic carbocycles. The molecule has 0 aliphatic carbocycles. The summed E-state index contributed by atoms with van der Waals surface area (Å²) in [6.45, 7) is 0. The third-order valence-corrected chi connectivity index (χ3v) is 1.54. The van der Waals surface area contributed by atoms with Crippen molar-refractivity contribution in [1.82, 2.24) is 0 Å². The summed E-state index contributed by atoms with van der Waals surface area (Å²) < 4.78 is 0. The summed E-state index contributed by atoms with van der Waals surface area (Å²) in [6, 6.07) is 6.85. The lowest BCUT2D eigenvalue weighted by Gasteiger charge is -1.97. The van der Waals surface area contributed by atoms with Crippen LogP contribution in [0.4, 0.5) is 5.69 Å². The van der Waals surface area contributed by atoms with Crippen LogP contribution in [0.2, 0.25) is 5.02 Å². The maximum absolute atomic E-state index is 9.90. The molecule has 0 heterocycles. The molecule has 0 aliphatic heterocycles. The number of halogens is 1. The molecule has 5 heteroatoms. The van der Waals surface area contributed by atoms with Gasteiger partial charge in [-0.05, 0) is 24.3 Å². The van der Waals surface area contributed by atoms with Crippen molar-refractivity contribution in [3.63, 3.8) is 0 Å². The minimum absolute atomic E-state index is 0.539. The Morgan fingerprint density at radius 2 is 2.00 bits per heavy atom. The molecule has 0 aromatic heterocycles. The average molecular weight is 199 g/mol. The predicted octanol–water partition coefficient (Wildman–Crippen LogP) is 2.50. The van der Waals surface area contributed by atoms with Crippen LogP contribution in [0.5, 0.6) is 0 Å². The Morgan fingerprint density at radius 3 is 2.54 bits per heavy atom. The van der Waals surface area contributed by atoms with Gasteiger partial charge in [-0.15, -0.1) is 0 Å². The molecule has 0 saturated heterocycles. The minimum atomic E-state index is -0.539. The molecular weight excluding hydrogens is 192 g/mol. The summed E-state index contributed by atoms with van der Waals surface area (Å²) in [5.41, 5.74) is 0.752. The van der Waals surface area contributed by atoms with Crippen LogP contribution in [-0.4, -0.2) is 4.92 Å². The van der Waals surface area contributed by atoms with Crippen molar-refractivity contribution in [3.8, 4) is 0 Å². The molecule has 0 amide bonds. The van der Waals surface area contributed by atoms with E-state index in [0.29, 0.717) is 5.02 Å². The highest BCUT2D eigenvalue weighted by molar-refractivity contribution is 6.30. The highest BCUT2D eigenvalue weighted by Gasteiger charge is 1.89. The van der Waals surface area contributed by atoms with E-state index in [9.17, 15) is 10.1 Å². The molecule has 0 saturated carbocycles. The van der Waals surface area contributed by atoms with Gasteiger partial charge in [0, 0.05) is 10.7 Å². The van der Waals surface area contributed by atoms with E-state index in [0.717, 1.165) is 11.9 Å². The lowest BCUT2D eigenvalue weighted by Crippen LogP contribution is -1.90. The van der Waals surface area contributed by atoms with Gasteiger partial charge in [0.2, 0.25) is 6.20 Å². The van der Waals surface area contributed by atoms with Gasteiger partial charge in [-0.1, -0.05) is 11.6 Å². The number of hydrogen-bond acceptors (Lipinski definition) is 3. The van der Waals surface area contributed by atoms with Crippen LogP contribution in [0.3, 0.4) is 0 Å². The number of anilines is 1. The zero-order valence-electron chi connectivity index (χ0n) is 6.61. The van der Waals surface area contributed by atoms with Crippen molar-refractivity contribution in [2.75, 3.05) is 5.32 Å². The van der Waals surface area contributed by atoms with Crippen LogP contribution in [-0.2, 0) is 0 Å². The van der Waals surface area contributed by atoms with E-state index in [2.05, 4.69) is 5.32 Å². The number of rotatable bonds is 3. The standard InChI is InChI=1S/C8H7ClN2O2/c9-7-1-3-8(4-2-7)10-5-6-11(12)13/h1-6,10H/b6-5+. The second kappa shape index (κ2) is 4.47. The first-order chi connectivity index (χ1) is 6.18. The number of nitrogens with one attached hydrogen (secondary N) is 1. The molecule has 1 N–H and O–H groups in total. The molecule has 0 unspecified atom stereocenters. The van der Waals surface area contributed by atoms with Gasteiger partial charge in [0.05, 0.1) is 11.1 Å². The fourth-order valence-corrected chi connectivity index (χ4v) is 0.866. The smallest absolute Gasteiger partial charge is 0.250 e. The summed E-state index contributed by atoms with van der Waals surface area (Å²) in [6.07, 6.45) is 2.08. The van der Waals surface area contributed by atoms with E-state index in [1.807, 2.05) is 0 Å². The summed E-state index contributed by atoms with van der Waals surface area (Å²) >= 11 is 5.64. The first-order valence-corrected chi connectivity index (χ1v) is 3.88. The zero-order valence-corrected chi connectivity index (χ0v) is 7.36. The molecule has 4 nitrogen and oxygen atoms in total. The molecular formula is C8H7ClN2O2. The van der Waals surface area contributed by atoms with E-state index in [1.54, 1.807) is 24.3 Å². The van der Waals surface area contributed by atoms with Crippen molar-refractivity contribution in [1.29, 1.82) is 0 Å². The quantitative estimate of drug-likeness (QED) is 0.600. The van der Waals surface area contributed by atoms with Crippen LogP contribution >= 0.6 is 11.6 Å². The molecule has 0 radical (unpaired) electrons. The Hall–Kier alpha value is -1.55. The maximum atomic E-state index is 9.90. The van der Waals surface area contributed by atoms with E-state index in [1.165, 1.54) is 6.20 Å². The summed E-state index contributed by atoms with van der Waals surface area (Å²) in [7, 11) is 0. The van der Waals surface area contributed by atoms with Crippen molar-refractivity contribution in [2.45, 2.75) is 0 Å². The highest BCUT2D eigenvalue weighted by Crippen LogP contribution is 2.12. The second-order valence-electron chi connectivity index (χ2n) is 2.25. The topological polar surface area (TPSA) is 55.2 Å². The lowest BCUT2D eigenvalue weighted by atomic mass is 10.3. The number of nitrogens with zero attached hydrogens (tertiary/aromatic N) is 1. The van der Waals surface area contributed by atoms with Gasteiger partial charge >= 0.3 is 0 Å². The predicted molar refractivity (Wildman–Crippen MR) is 51.2 cm³/mol. The zero-order chi connectivity index (χ0) is 9.68. The van der Waals surface area contributed by atoms with Gasteiger partial charge in [0.1, 0.15) is 0 Å². The van der Waals surface area contributed by atoms with E-state index >= 15 is 0 Å². The average Bonchev–Trinajstić information content (AvgIpc) is 2.08. The first kappa shape index (κ1) is 9.54. The van der Waals surface area contributed by atoms with E-state index < -0.39 is 4.92 Å². The normalized spacial score (nSPS) is 10.2. The van der Waals surface area contributed by atoms with Gasteiger partial charge in [-0.3, -0.25) is 10.1 Å². The summed E-state index contributed by atoms with van der Waals surface area (Å²) in [5.74, 6) is 0. The third kappa shape index (κ3) is 3.57. The van der Waals surface area contributed by atoms with Gasteiger partial charge in [-0.2, -0.15) is 0 Å². The molecule has 13 heavy (non-hydrogen) atoms. The Morgan fingerprint density at radius 1 is 1.38 bits per heavy atom. The molecule has 0 aliphatic rings. The van der Waals surface area contributed by atoms with E-state index in [4.69, 9.17) is 11.6 Å². The van der Waals surface area contributed by atoms with E-state index in [-0.39, 0.29) is 0 Å². The molecule has 0 atom stereocenters. The molecule has 68 valence electrons. The Balaban J connectivity index is 2.55.